The zero-order valence-electron chi connectivity index (χ0n) is 15.3. The van der Waals surface area contributed by atoms with Gasteiger partial charge in [-0.3, -0.25) is 0 Å². The molecule has 0 unspecified atom stereocenters. The van der Waals surface area contributed by atoms with E-state index in [2.05, 4.69) is 10.1 Å². The van der Waals surface area contributed by atoms with E-state index in [-0.39, 0.29) is 17.1 Å². The number of aromatic nitrogens is 3. The van der Waals surface area contributed by atoms with Gasteiger partial charge in [-0.1, -0.05) is 0 Å². The standard InChI is InChI=1S/C21H17F2N3O2/c1-3-28-15-7-4-13(5-8-15)18-11-19(27)26-21(24-18)20(12(2)25-26)16-9-6-14(22)10-17(16)23/h4-11,27H,3H2,1-2H3. The summed E-state index contributed by atoms with van der Waals surface area (Å²) in [5, 5.41) is 14.7. The number of ether oxygens (including phenoxy) is 1. The number of hydrogen-bond acceptors (Lipinski definition) is 4. The van der Waals surface area contributed by atoms with E-state index >= 15 is 0 Å². The Labute approximate surface area is 159 Å². The van der Waals surface area contributed by atoms with E-state index in [1.54, 1.807) is 6.92 Å². The Kier molecular flexibility index (Phi) is 4.43. The van der Waals surface area contributed by atoms with Gasteiger partial charge >= 0.3 is 0 Å². The third kappa shape index (κ3) is 3.05. The Morgan fingerprint density at radius 2 is 1.82 bits per heavy atom. The van der Waals surface area contributed by atoms with E-state index in [0.717, 1.165) is 17.4 Å². The Morgan fingerprint density at radius 1 is 1.07 bits per heavy atom. The highest BCUT2D eigenvalue weighted by atomic mass is 19.1. The monoisotopic (exact) mass is 381 g/mol. The van der Waals surface area contributed by atoms with Crippen LogP contribution in [0.5, 0.6) is 11.6 Å². The van der Waals surface area contributed by atoms with Crippen LogP contribution in [0, 0.1) is 18.6 Å². The normalized spacial score (nSPS) is 11.1. The van der Waals surface area contributed by atoms with Crippen LogP contribution in [-0.2, 0) is 0 Å². The molecule has 0 aliphatic heterocycles. The molecule has 4 rings (SSSR count). The molecule has 4 aromatic rings. The molecule has 0 aliphatic rings. The highest BCUT2D eigenvalue weighted by Crippen LogP contribution is 2.33. The molecule has 0 fully saturated rings. The van der Waals surface area contributed by atoms with E-state index in [9.17, 15) is 13.9 Å². The lowest BCUT2D eigenvalue weighted by Crippen LogP contribution is -1.95. The first-order valence-corrected chi connectivity index (χ1v) is 8.76. The molecule has 2 heterocycles. The molecular weight excluding hydrogens is 364 g/mol. The molecule has 0 amide bonds. The molecule has 0 saturated carbocycles. The SMILES string of the molecule is CCOc1ccc(-c2cc(O)n3nc(C)c(-c4ccc(F)cc4F)c3n2)cc1. The zero-order chi connectivity index (χ0) is 19.8. The largest absolute Gasteiger partial charge is 0.494 e. The summed E-state index contributed by atoms with van der Waals surface area (Å²) in [6.07, 6.45) is 0. The highest BCUT2D eigenvalue weighted by Gasteiger charge is 2.20. The van der Waals surface area contributed by atoms with E-state index in [4.69, 9.17) is 4.74 Å². The molecular formula is C21H17F2N3O2. The predicted octanol–water partition coefficient (Wildman–Crippen LogP) is 4.75. The lowest BCUT2D eigenvalue weighted by molar-refractivity contribution is 0.340. The topological polar surface area (TPSA) is 59.7 Å². The number of nitrogens with zero attached hydrogens (tertiary/aromatic N) is 3. The van der Waals surface area contributed by atoms with Crippen molar-refractivity contribution in [2.45, 2.75) is 13.8 Å². The van der Waals surface area contributed by atoms with Gasteiger partial charge in [0, 0.05) is 23.3 Å². The smallest absolute Gasteiger partial charge is 0.216 e. The van der Waals surface area contributed by atoms with Crippen molar-refractivity contribution in [3.8, 4) is 34.0 Å². The molecule has 0 radical (unpaired) electrons. The van der Waals surface area contributed by atoms with Gasteiger partial charge in [-0.05, 0) is 50.2 Å². The van der Waals surface area contributed by atoms with Gasteiger partial charge in [-0.25, -0.2) is 13.8 Å². The second kappa shape index (κ2) is 6.92. The summed E-state index contributed by atoms with van der Waals surface area (Å²) in [6.45, 7) is 4.15. The maximum atomic E-state index is 14.4. The molecule has 5 nitrogen and oxygen atoms in total. The van der Waals surface area contributed by atoms with Crippen LogP contribution in [-0.4, -0.2) is 26.3 Å². The van der Waals surface area contributed by atoms with Crippen LogP contribution < -0.4 is 4.74 Å². The van der Waals surface area contributed by atoms with Crippen molar-refractivity contribution in [1.29, 1.82) is 0 Å². The summed E-state index contributed by atoms with van der Waals surface area (Å²) in [5.74, 6) is -0.788. The Morgan fingerprint density at radius 3 is 2.50 bits per heavy atom. The van der Waals surface area contributed by atoms with Crippen LogP contribution in [0.4, 0.5) is 8.78 Å². The van der Waals surface area contributed by atoms with E-state index in [1.807, 2.05) is 31.2 Å². The minimum absolute atomic E-state index is 0.134. The fraction of sp³-hybridized carbons (Fsp3) is 0.143. The zero-order valence-corrected chi connectivity index (χ0v) is 15.3. The fourth-order valence-electron chi connectivity index (χ4n) is 3.15. The molecule has 28 heavy (non-hydrogen) atoms. The number of fused-ring (bicyclic) bond motifs is 1. The highest BCUT2D eigenvalue weighted by molar-refractivity contribution is 5.82. The van der Waals surface area contributed by atoms with Gasteiger partial charge in [0.25, 0.3) is 0 Å². The number of halogens is 2. The summed E-state index contributed by atoms with van der Waals surface area (Å²) >= 11 is 0. The average molecular weight is 381 g/mol. The number of benzene rings is 2. The van der Waals surface area contributed by atoms with Gasteiger partial charge in [0.15, 0.2) is 5.65 Å². The van der Waals surface area contributed by atoms with Gasteiger partial charge in [0.1, 0.15) is 17.4 Å². The first kappa shape index (κ1) is 17.9. The maximum Gasteiger partial charge on any atom is 0.216 e. The quantitative estimate of drug-likeness (QED) is 0.554. The van der Waals surface area contributed by atoms with Gasteiger partial charge in [-0.15, -0.1) is 0 Å². The predicted molar refractivity (Wildman–Crippen MR) is 101 cm³/mol. The Hall–Kier alpha value is -3.48. The second-order valence-corrected chi connectivity index (χ2v) is 6.28. The molecule has 7 heteroatoms. The average Bonchev–Trinajstić information content (AvgIpc) is 2.99. The number of hydrogen-bond donors (Lipinski definition) is 1. The number of aryl methyl sites for hydroxylation is 1. The van der Waals surface area contributed by atoms with Gasteiger partial charge < -0.3 is 9.84 Å². The van der Waals surface area contributed by atoms with Crippen LogP contribution in [0.3, 0.4) is 0 Å². The lowest BCUT2D eigenvalue weighted by atomic mass is 10.1. The van der Waals surface area contributed by atoms with Crippen molar-refractivity contribution >= 4 is 5.65 Å². The first-order valence-electron chi connectivity index (χ1n) is 8.76. The molecule has 2 aromatic carbocycles. The summed E-state index contributed by atoms with van der Waals surface area (Å²) in [5.41, 5.74) is 2.58. The van der Waals surface area contributed by atoms with Gasteiger partial charge in [-0.2, -0.15) is 9.61 Å². The van der Waals surface area contributed by atoms with E-state index < -0.39 is 11.6 Å². The van der Waals surface area contributed by atoms with Gasteiger partial charge in [0.2, 0.25) is 5.88 Å². The van der Waals surface area contributed by atoms with Crippen molar-refractivity contribution in [2.24, 2.45) is 0 Å². The van der Waals surface area contributed by atoms with Crippen LogP contribution in [0.15, 0.2) is 48.5 Å². The van der Waals surface area contributed by atoms with Crippen LogP contribution in [0.2, 0.25) is 0 Å². The lowest BCUT2D eigenvalue weighted by Gasteiger charge is -2.07. The minimum Gasteiger partial charge on any atom is -0.494 e. The van der Waals surface area contributed by atoms with Crippen molar-refractivity contribution in [3.63, 3.8) is 0 Å². The van der Waals surface area contributed by atoms with Crippen LogP contribution >= 0.6 is 0 Å². The molecule has 2 aromatic heterocycles. The minimum atomic E-state index is -0.717. The molecule has 1 N–H and O–H groups in total. The van der Waals surface area contributed by atoms with Gasteiger partial charge in [0.05, 0.1) is 23.6 Å². The first-order chi connectivity index (χ1) is 13.5. The van der Waals surface area contributed by atoms with E-state index in [0.29, 0.717) is 23.6 Å². The molecule has 0 bridgehead atoms. The summed E-state index contributed by atoms with van der Waals surface area (Å²) in [4.78, 5) is 4.58. The Balaban J connectivity index is 1.90. The molecule has 142 valence electrons. The number of aromatic hydroxyl groups is 1. The van der Waals surface area contributed by atoms with Crippen molar-refractivity contribution in [1.82, 2.24) is 14.6 Å². The van der Waals surface area contributed by atoms with Crippen molar-refractivity contribution in [3.05, 3.63) is 65.9 Å². The van der Waals surface area contributed by atoms with Crippen LogP contribution in [0.1, 0.15) is 12.6 Å². The van der Waals surface area contributed by atoms with Crippen LogP contribution in [0.25, 0.3) is 28.0 Å². The molecule has 0 saturated heterocycles. The Bertz CT molecular complexity index is 1170. The second-order valence-electron chi connectivity index (χ2n) is 6.28. The third-order valence-corrected chi connectivity index (χ3v) is 4.41. The summed E-state index contributed by atoms with van der Waals surface area (Å²) in [7, 11) is 0. The van der Waals surface area contributed by atoms with Crippen molar-refractivity contribution < 1.29 is 18.6 Å². The molecule has 0 aliphatic carbocycles. The molecule has 0 spiro atoms. The van der Waals surface area contributed by atoms with Crippen molar-refractivity contribution in [2.75, 3.05) is 6.61 Å². The number of rotatable bonds is 4. The molecule has 0 atom stereocenters. The summed E-state index contributed by atoms with van der Waals surface area (Å²) in [6, 6.07) is 12.1. The third-order valence-electron chi connectivity index (χ3n) is 4.41. The maximum absolute atomic E-state index is 14.4. The van der Waals surface area contributed by atoms with E-state index in [1.165, 1.54) is 22.7 Å². The fourth-order valence-corrected chi connectivity index (χ4v) is 3.15. The summed E-state index contributed by atoms with van der Waals surface area (Å²) < 4.78 is 34.4.